The Kier molecular flexibility index (Phi) is 4.87. The molecule has 1 N–H and O–H groups in total. The number of para-hydroxylation sites is 1. The second-order valence-electron chi connectivity index (χ2n) is 5.84. The lowest BCUT2D eigenvalue weighted by atomic mass is 9.88. The van der Waals surface area contributed by atoms with Crippen molar-refractivity contribution in [3.63, 3.8) is 0 Å². The highest BCUT2D eigenvalue weighted by molar-refractivity contribution is 5.38. The van der Waals surface area contributed by atoms with Crippen LogP contribution in [0.15, 0.2) is 24.3 Å². The Labute approximate surface area is 117 Å². The molecule has 3 atom stereocenters. The number of ether oxygens (including phenoxy) is 1. The van der Waals surface area contributed by atoms with Crippen molar-refractivity contribution in [1.29, 1.82) is 0 Å². The van der Waals surface area contributed by atoms with E-state index in [1.54, 1.807) is 0 Å². The zero-order chi connectivity index (χ0) is 13.8. The van der Waals surface area contributed by atoms with E-state index in [1.807, 2.05) is 0 Å². The van der Waals surface area contributed by atoms with Gasteiger partial charge in [0.05, 0.1) is 6.61 Å². The zero-order valence-corrected chi connectivity index (χ0v) is 12.6. The van der Waals surface area contributed by atoms with Gasteiger partial charge in [-0.15, -0.1) is 0 Å². The Hall–Kier alpha value is -1.02. The Balaban J connectivity index is 2.15. The van der Waals surface area contributed by atoms with Gasteiger partial charge >= 0.3 is 0 Å². The first-order valence-electron chi connectivity index (χ1n) is 7.65. The van der Waals surface area contributed by atoms with Crippen LogP contribution in [-0.4, -0.2) is 12.6 Å². The van der Waals surface area contributed by atoms with Crippen LogP contribution in [0.4, 0.5) is 0 Å². The molecule has 0 amide bonds. The van der Waals surface area contributed by atoms with Crippen molar-refractivity contribution in [3.05, 3.63) is 29.8 Å². The molecule has 0 saturated carbocycles. The number of fused-ring (bicyclic) bond motifs is 1. The van der Waals surface area contributed by atoms with Gasteiger partial charge in [-0.2, -0.15) is 0 Å². The second-order valence-corrected chi connectivity index (χ2v) is 5.84. The van der Waals surface area contributed by atoms with Gasteiger partial charge in [0.15, 0.2) is 0 Å². The largest absolute Gasteiger partial charge is 0.493 e. The number of benzene rings is 1. The summed E-state index contributed by atoms with van der Waals surface area (Å²) in [6, 6.07) is 9.40. The van der Waals surface area contributed by atoms with E-state index in [0.717, 1.165) is 18.3 Å². The van der Waals surface area contributed by atoms with Gasteiger partial charge in [-0.05, 0) is 18.9 Å². The maximum atomic E-state index is 5.82. The van der Waals surface area contributed by atoms with E-state index in [2.05, 4.69) is 57.3 Å². The van der Waals surface area contributed by atoms with Crippen LogP contribution in [0.1, 0.15) is 52.1 Å². The van der Waals surface area contributed by atoms with Crippen LogP contribution in [0.3, 0.4) is 0 Å². The molecule has 2 heteroatoms. The Morgan fingerprint density at radius 2 is 1.95 bits per heavy atom. The molecule has 1 aromatic rings. The number of hydrogen-bond acceptors (Lipinski definition) is 2. The topological polar surface area (TPSA) is 21.3 Å². The lowest BCUT2D eigenvalue weighted by molar-refractivity contribution is 0.171. The van der Waals surface area contributed by atoms with Crippen molar-refractivity contribution in [3.8, 4) is 5.75 Å². The molecule has 106 valence electrons. The van der Waals surface area contributed by atoms with Crippen molar-refractivity contribution in [1.82, 2.24) is 5.32 Å². The maximum Gasteiger partial charge on any atom is 0.124 e. The third-order valence-electron chi connectivity index (χ3n) is 4.52. The molecule has 0 aromatic heterocycles. The minimum Gasteiger partial charge on any atom is -0.493 e. The van der Waals surface area contributed by atoms with Gasteiger partial charge in [0, 0.05) is 23.6 Å². The molecule has 19 heavy (non-hydrogen) atoms. The van der Waals surface area contributed by atoms with Crippen molar-refractivity contribution < 1.29 is 4.74 Å². The third kappa shape index (κ3) is 3.11. The standard InChI is InChI=1S/C17H27NO/c1-5-14(6-2)13(4)18-17-12(3)11-19-16-10-8-7-9-15(16)17/h7-10,12-14,17-18H,5-6,11H2,1-4H3. The van der Waals surface area contributed by atoms with Crippen molar-refractivity contribution in [2.75, 3.05) is 6.61 Å². The Morgan fingerprint density at radius 3 is 2.63 bits per heavy atom. The summed E-state index contributed by atoms with van der Waals surface area (Å²) in [5.41, 5.74) is 1.32. The highest BCUT2D eigenvalue weighted by atomic mass is 16.5. The smallest absolute Gasteiger partial charge is 0.124 e. The van der Waals surface area contributed by atoms with Gasteiger partial charge in [-0.3, -0.25) is 0 Å². The molecule has 1 aliphatic heterocycles. The van der Waals surface area contributed by atoms with Crippen LogP contribution in [0.25, 0.3) is 0 Å². The minimum atomic E-state index is 0.417. The number of nitrogens with one attached hydrogen (secondary N) is 1. The summed E-state index contributed by atoms with van der Waals surface area (Å²) >= 11 is 0. The lowest BCUT2D eigenvalue weighted by Gasteiger charge is -2.36. The van der Waals surface area contributed by atoms with Crippen molar-refractivity contribution in [2.24, 2.45) is 11.8 Å². The number of hydrogen-bond donors (Lipinski definition) is 1. The Morgan fingerprint density at radius 1 is 1.26 bits per heavy atom. The molecule has 0 aliphatic carbocycles. The summed E-state index contributed by atoms with van der Waals surface area (Å²) in [7, 11) is 0. The lowest BCUT2D eigenvalue weighted by Crippen LogP contribution is -2.41. The summed E-state index contributed by atoms with van der Waals surface area (Å²) < 4.78 is 5.82. The van der Waals surface area contributed by atoms with E-state index >= 15 is 0 Å². The summed E-state index contributed by atoms with van der Waals surface area (Å²) in [4.78, 5) is 0. The SMILES string of the molecule is CCC(CC)C(C)NC1c2ccccc2OCC1C. The van der Waals surface area contributed by atoms with Crippen molar-refractivity contribution in [2.45, 2.75) is 52.6 Å². The van der Waals surface area contributed by atoms with E-state index in [1.165, 1.54) is 18.4 Å². The van der Waals surface area contributed by atoms with Crippen LogP contribution in [0, 0.1) is 11.8 Å². The minimum absolute atomic E-state index is 0.417. The Bertz CT molecular complexity index is 400. The average Bonchev–Trinajstić information content (AvgIpc) is 2.43. The summed E-state index contributed by atoms with van der Waals surface area (Å²) in [6.07, 6.45) is 2.48. The second kappa shape index (κ2) is 6.42. The summed E-state index contributed by atoms with van der Waals surface area (Å²) in [5.74, 6) is 2.32. The van der Waals surface area contributed by atoms with Crippen molar-refractivity contribution >= 4 is 0 Å². The first-order chi connectivity index (χ1) is 9.17. The predicted molar refractivity (Wildman–Crippen MR) is 80.5 cm³/mol. The van der Waals surface area contributed by atoms with Crippen LogP contribution >= 0.6 is 0 Å². The molecule has 1 aromatic carbocycles. The van der Waals surface area contributed by atoms with Crippen LogP contribution in [0.2, 0.25) is 0 Å². The van der Waals surface area contributed by atoms with Crippen LogP contribution in [0.5, 0.6) is 5.75 Å². The molecule has 3 unspecified atom stereocenters. The molecule has 0 spiro atoms. The molecule has 1 aliphatic rings. The molecule has 0 radical (unpaired) electrons. The molecule has 0 fully saturated rings. The fourth-order valence-corrected chi connectivity index (χ4v) is 3.16. The van der Waals surface area contributed by atoms with Gasteiger partial charge in [-0.1, -0.05) is 51.8 Å². The van der Waals surface area contributed by atoms with Gasteiger partial charge in [0.25, 0.3) is 0 Å². The van der Waals surface area contributed by atoms with Gasteiger partial charge in [0.1, 0.15) is 5.75 Å². The first-order valence-corrected chi connectivity index (χ1v) is 7.65. The molecule has 0 bridgehead atoms. The summed E-state index contributed by atoms with van der Waals surface area (Å²) in [5, 5.41) is 3.85. The molecule has 1 heterocycles. The van der Waals surface area contributed by atoms with E-state index in [9.17, 15) is 0 Å². The maximum absolute atomic E-state index is 5.82. The summed E-state index contributed by atoms with van der Waals surface area (Å²) in [6.45, 7) is 9.97. The first kappa shape index (κ1) is 14.4. The van der Waals surface area contributed by atoms with Gasteiger partial charge in [-0.25, -0.2) is 0 Å². The van der Waals surface area contributed by atoms with E-state index in [4.69, 9.17) is 4.74 Å². The zero-order valence-electron chi connectivity index (χ0n) is 12.6. The fourth-order valence-electron chi connectivity index (χ4n) is 3.16. The quantitative estimate of drug-likeness (QED) is 0.859. The number of rotatable bonds is 5. The van der Waals surface area contributed by atoms with E-state index in [-0.39, 0.29) is 0 Å². The average molecular weight is 261 g/mol. The van der Waals surface area contributed by atoms with Gasteiger partial charge in [0.2, 0.25) is 0 Å². The molecule has 2 nitrogen and oxygen atoms in total. The van der Waals surface area contributed by atoms with E-state index < -0.39 is 0 Å². The normalized spacial score (nSPS) is 23.8. The van der Waals surface area contributed by atoms with Crippen LogP contribution in [-0.2, 0) is 0 Å². The van der Waals surface area contributed by atoms with E-state index in [0.29, 0.717) is 18.0 Å². The molecule has 0 saturated heterocycles. The molecular weight excluding hydrogens is 234 g/mol. The molecular formula is C17H27NO. The highest BCUT2D eigenvalue weighted by Crippen LogP contribution is 2.35. The fraction of sp³-hybridized carbons (Fsp3) is 0.647. The highest BCUT2D eigenvalue weighted by Gasteiger charge is 2.29. The third-order valence-corrected chi connectivity index (χ3v) is 4.52. The van der Waals surface area contributed by atoms with Gasteiger partial charge < -0.3 is 10.1 Å². The monoisotopic (exact) mass is 261 g/mol. The van der Waals surface area contributed by atoms with Crippen LogP contribution < -0.4 is 10.1 Å². The predicted octanol–water partition coefficient (Wildman–Crippen LogP) is 4.17. The molecule has 2 rings (SSSR count).